The van der Waals surface area contributed by atoms with Crippen LogP contribution in [0.3, 0.4) is 0 Å². The average molecular weight is 331 g/mol. The Morgan fingerprint density at radius 3 is 2.52 bits per heavy atom. The van der Waals surface area contributed by atoms with Crippen LogP contribution in [0.15, 0.2) is 42.5 Å². The molecule has 4 rings (SSSR count). The largest absolute Gasteiger partial charge is 0.349 e. The van der Waals surface area contributed by atoms with Crippen LogP contribution in [0.4, 0.5) is 0 Å². The second-order valence-corrected chi connectivity index (χ2v) is 6.78. The maximum atomic E-state index is 12.7. The fourth-order valence-corrected chi connectivity index (χ4v) is 3.46. The molecule has 1 heterocycles. The van der Waals surface area contributed by atoms with E-state index in [1.165, 1.54) is 11.1 Å². The molecule has 1 N–H and O–H groups in total. The van der Waals surface area contributed by atoms with Gasteiger partial charge in [0.05, 0.1) is 22.4 Å². The summed E-state index contributed by atoms with van der Waals surface area (Å²) in [5.41, 5.74) is 6.80. The molecule has 2 aromatic carbocycles. The minimum absolute atomic E-state index is 0.0358. The van der Waals surface area contributed by atoms with Gasteiger partial charge in [-0.2, -0.15) is 0 Å². The summed E-state index contributed by atoms with van der Waals surface area (Å²) in [5, 5.41) is 3.18. The van der Waals surface area contributed by atoms with Crippen LogP contribution in [-0.2, 0) is 12.8 Å². The minimum Gasteiger partial charge on any atom is -0.349 e. The van der Waals surface area contributed by atoms with Crippen LogP contribution in [0.2, 0.25) is 0 Å². The highest BCUT2D eigenvalue weighted by Gasteiger charge is 2.20. The van der Waals surface area contributed by atoms with Gasteiger partial charge in [0, 0.05) is 11.6 Å². The van der Waals surface area contributed by atoms with E-state index in [1.54, 1.807) is 0 Å². The topological polar surface area (TPSA) is 54.9 Å². The summed E-state index contributed by atoms with van der Waals surface area (Å²) in [6.45, 7) is 3.89. The van der Waals surface area contributed by atoms with Crippen molar-refractivity contribution in [3.8, 4) is 0 Å². The molecule has 0 unspecified atom stereocenters. The smallest absolute Gasteiger partial charge is 0.251 e. The molecular weight excluding hydrogens is 310 g/mol. The third-order valence-corrected chi connectivity index (χ3v) is 5.02. The van der Waals surface area contributed by atoms with E-state index in [1.807, 2.05) is 32.0 Å². The Hall–Kier alpha value is -2.75. The lowest BCUT2D eigenvalue weighted by Crippen LogP contribution is -2.38. The van der Waals surface area contributed by atoms with Gasteiger partial charge in [-0.3, -0.25) is 4.79 Å². The Labute approximate surface area is 147 Å². The normalized spacial score (nSPS) is 16.5. The fourth-order valence-electron chi connectivity index (χ4n) is 3.46. The van der Waals surface area contributed by atoms with Gasteiger partial charge < -0.3 is 5.32 Å². The fraction of sp³-hybridized carbons (Fsp3) is 0.286. The summed E-state index contributed by atoms with van der Waals surface area (Å²) in [6, 6.07) is 14.2. The Balaban J connectivity index is 1.53. The van der Waals surface area contributed by atoms with Crippen molar-refractivity contribution in [3.05, 3.63) is 70.5 Å². The van der Waals surface area contributed by atoms with Crippen molar-refractivity contribution < 1.29 is 4.79 Å². The van der Waals surface area contributed by atoms with E-state index in [0.29, 0.717) is 5.56 Å². The molecule has 0 spiro atoms. The second-order valence-electron chi connectivity index (χ2n) is 6.78. The zero-order valence-electron chi connectivity index (χ0n) is 14.5. The van der Waals surface area contributed by atoms with Crippen LogP contribution < -0.4 is 5.32 Å². The quantitative estimate of drug-likeness (QED) is 0.781. The van der Waals surface area contributed by atoms with Crippen molar-refractivity contribution >= 4 is 16.9 Å². The van der Waals surface area contributed by atoms with Crippen molar-refractivity contribution in [2.75, 3.05) is 0 Å². The van der Waals surface area contributed by atoms with Crippen LogP contribution in [0.5, 0.6) is 0 Å². The lowest BCUT2D eigenvalue weighted by molar-refractivity contribution is 0.0934. The first-order valence-corrected chi connectivity index (χ1v) is 8.73. The monoisotopic (exact) mass is 331 g/mol. The molecule has 0 fully saturated rings. The zero-order valence-corrected chi connectivity index (χ0v) is 14.5. The molecule has 0 saturated carbocycles. The van der Waals surface area contributed by atoms with Crippen LogP contribution in [0.25, 0.3) is 11.0 Å². The molecule has 1 atom stereocenters. The number of hydrogen-bond donors (Lipinski definition) is 1. The molecule has 1 aliphatic carbocycles. The van der Waals surface area contributed by atoms with Crippen molar-refractivity contribution in [2.45, 2.75) is 39.2 Å². The number of carbonyl (C=O) groups is 1. The van der Waals surface area contributed by atoms with Crippen LogP contribution in [0, 0.1) is 13.8 Å². The van der Waals surface area contributed by atoms with Gasteiger partial charge in [-0.15, -0.1) is 0 Å². The van der Waals surface area contributed by atoms with Gasteiger partial charge in [-0.25, -0.2) is 9.97 Å². The van der Waals surface area contributed by atoms with Gasteiger partial charge in [-0.1, -0.05) is 24.3 Å². The van der Waals surface area contributed by atoms with E-state index in [-0.39, 0.29) is 11.9 Å². The Bertz CT molecular complexity index is 965. The number of benzene rings is 2. The lowest BCUT2D eigenvalue weighted by Gasteiger charge is -2.25. The predicted molar refractivity (Wildman–Crippen MR) is 98.7 cm³/mol. The average Bonchev–Trinajstić information content (AvgIpc) is 2.62. The third-order valence-electron chi connectivity index (χ3n) is 5.02. The molecule has 0 aliphatic heterocycles. The van der Waals surface area contributed by atoms with E-state index in [4.69, 9.17) is 0 Å². The Kier molecular flexibility index (Phi) is 3.96. The van der Waals surface area contributed by atoms with Crippen molar-refractivity contribution in [3.63, 3.8) is 0 Å². The summed E-state index contributed by atoms with van der Waals surface area (Å²) in [4.78, 5) is 21.7. The molecule has 3 aromatic rings. The molecular formula is C21H21N3O. The summed E-state index contributed by atoms with van der Waals surface area (Å²) in [6.07, 6.45) is 2.89. The number of hydrogen-bond acceptors (Lipinski definition) is 3. The van der Waals surface area contributed by atoms with Crippen LogP contribution in [-0.4, -0.2) is 21.9 Å². The van der Waals surface area contributed by atoms with Gasteiger partial charge in [0.15, 0.2) is 0 Å². The van der Waals surface area contributed by atoms with E-state index in [2.05, 4.69) is 39.6 Å². The molecule has 4 heteroatoms. The maximum absolute atomic E-state index is 12.7. The number of carbonyl (C=O) groups excluding carboxylic acids is 1. The molecule has 1 aliphatic rings. The van der Waals surface area contributed by atoms with E-state index < -0.39 is 0 Å². The summed E-state index contributed by atoms with van der Waals surface area (Å²) < 4.78 is 0. The molecule has 4 nitrogen and oxygen atoms in total. The molecule has 1 aromatic heterocycles. The van der Waals surface area contributed by atoms with Gasteiger partial charge in [-0.05, 0) is 62.4 Å². The summed E-state index contributed by atoms with van der Waals surface area (Å²) in [5.74, 6) is -0.0358. The minimum atomic E-state index is -0.0358. The van der Waals surface area contributed by atoms with E-state index in [0.717, 1.165) is 41.7 Å². The van der Waals surface area contributed by atoms with Crippen molar-refractivity contribution in [2.24, 2.45) is 0 Å². The van der Waals surface area contributed by atoms with Crippen LogP contribution >= 0.6 is 0 Å². The lowest BCUT2D eigenvalue weighted by atomic mass is 9.88. The van der Waals surface area contributed by atoms with Crippen molar-refractivity contribution in [1.82, 2.24) is 15.3 Å². The molecule has 0 radical (unpaired) electrons. The number of nitrogens with one attached hydrogen (secondary N) is 1. The highest BCUT2D eigenvalue weighted by Crippen LogP contribution is 2.21. The summed E-state index contributed by atoms with van der Waals surface area (Å²) in [7, 11) is 0. The van der Waals surface area contributed by atoms with Crippen LogP contribution in [0.1, 0.15) is 39.3 Å². The Morgan fingerprint density at radius 1 is 1.00 bits per heavy atom. The molecule has 0 saturated heterocycles. The third kappa shape index (κ3) is 3.12. The Morgan fingerprint density at radius 2 is 1.72 bits per heavy atom. The van der Waals surface area contributed by atoms with Gasteiger partial charge in [0.25, 0.3) is 5.91 Å². The van der Waals surface area contributed by atoms with Gasteiger partial charge >= 0.3 is 0 Å². The maximum Gasteiger partial charge on any atom is 0.251 e. The number of aromatic nitrogens is 2. The SMILES string of the molecule is Cc1nc2ccc(C(=O)N[C@@H]3CCc4ccccc4C3)cc2nc1C. The van der Waals surface area contributed by atoms with Gasteiger partial charge in [0.2, 0.25) is 0 Å². The molecule has 1 amide bonds. The summed E-state index contributed by atoms with van der Waals surface area (Å²) >= 11 is 0. The number of fused-ring (bicyclic) bond motifs is 2. The standard InChI is InChI=1S/C21H21N3O/c1-13-14(2)23-20-12-17(8-10-19(20)22-13)21(25)24-18-9-7-15-5-3-4-6-16(15)11-18/h3-6,8,10,12,18H,7,9,11H2,1-2H3,(H,24,25)/t18-/m1/s1. The molecule has 0 bridgehead atoms. The number of amides is 1. The zero-order chi connectivity index (χ0) is 17.4. The number of rotatable bonds is 2. The number of aryl methyl sites for hydroxylation is 3. The first-order chi connectivity index (χ1) is 12.1. The predicted octanol–water partition coefficient (Wildman–Crippen LogP) is 3.53. The number of nitrogens with zero attached hydrogens (tertiary/aromatic N) is 2. The highest BCUT2D eigenvalue weighted by atomic mass is 16.1. The second kappa shape index (κ2) is 6.28. The van der Waals surface area contributed by atoms with Crippen molar-refractivity contribution in [1.29, 1.82) is 0 Å². The highest BCUT2D eigenvalue weighted by molar-refractivity contribution is 5.97. The first kappa shape index (κ1) is 15.8. The van der Waals surface area contributed by atoms with E-state index >= 15 is 0 Å². The molecule has 126 valence electrons. The van der Waals surface area contributed by atoms with Gasteiger partial charge in [0.1, 0.15) is 0 Å². The van der Waals surface area contributed by atoms with E-state index in [9.17, 15) is 4.79 Å². The first-order valence-electron chi connectivity index (χ1n) is 8.73. The molecule has 25 heavy (non-hydrogen) atoms.